The van der Waals surface area contributed by atoms with Gasteiger partial charge in [-0.05, 0) is 6.42 Å². The predicted molar refractivity (Wildman–Crippen MR) is 56.7 cm³/mol. The zero-order valence-electron chi connectivity index (χ0n) is 8.25. The third-order valence-electron chi connectivity index (χ3n) is 2.35. The minimum absolute atomic E-state index is 0.0547. The van der Waals surface area contributed by atoms with Crippen LogP contribution in [0.3, 0.4) is 0 Å². The lowest BCUT2D eigenvalue weighted by molar-refractivity contribution is -0.124. The molecule has 0 spiro atoms. The number of rotatable bonds is 3. The number of carbonyl (C=O) groups is 1. The fourth-order valence-corrected chi connectivity index (χ4v) is 2.52. The van der Waals surface area contributed by atoms with Crippen LogP contribution in [0.4, 0.5) is 0 Å². The Morgan fingerprint density at radius 1 is 1.77 bits per heavy atom. The van der Waals surface area contributed by atoms with E-state index < -0.39 is 0 Å². The molecule has 1 fully saturated rings. The van der Waals surface area contributed by atoms with E-state index in [0.29, 0.717) is 17.8 Å². The maximum absolute atomic E-state index is 11.4. The lowest BCUT2D eigenvalue weighted by Gasteiger charge is -2.14. The average Bonchev–Trinajstić information content (AvgIpc) is 2.49. The second kappa shape index (κ2) is 4.86. The van der Waals surface area contributed by atoms with Gasteiger partial charge >= 0.3 is 0 Å². The summed E-state index contributed by atoms with van der Waals surface area (Å²) in [4.78, 5) is 11.4. The van der Waals surface area contributed by atoms with Gasteiger partial charge in [0.05, 0.1) is 0 Å². The molecular formula is C9H18N2OS. The maximum Gasteiger partial charge on any atom is 0.224 e. The Balaban J connectivity index is 2.28. The molecular weight excluding hydrogens is 184 g/mol. The molecule has 4 heteroatoms. The summed E-state index contributed by atoms with van der Waals surface area (Å²) in [6.45, 7) is 4.49. The largest absolute Gasteiger partial charge is 0.352 e. The number of nitrogens with two attached hydrogens (primary N) is 1. The van der Waals surface area contributed by atoms with E-state index in [4.69, 9.17) is 5.73 Å². The van der Waals surface area contributed by atoms with Gasteiger partial charge in [-0.1, -0.05) is 13.8 Å². The van der Waals surface area contributed by atoms with Crippen LogP contribution >= 0.6 is 11.8 Å². The summed E-state index contributed by atoms with van der Waals surface area (Å²) in [7, 11) is 0. The Morgan fingerprint density at radius 2 is 2.46 bits per heavy atom. The van der Waals surface area contributed by atoms with Crippen molar-refractivity contribution in [1.29, 1.82) is 0 Å². The monoisotopic (exact) mass is 202 g/mol. The molecule has 0 aromatic heterocycles. The molecule has 3 nitrogen and oxygen atoms in total. The first-order valence-corrected chi connectivity index (χ1v) is 5.80. The van der Waals surface area contributed by atoms with Crippen molar-refractivity contribution in [3.05, 3.63) is 0 Å². The molecule has 0 radical (unpaired) electrons. The fourth-order valence-electron chi connectivity index (χ4n) is 1.37. The van der Waals surface area contributed by atoms with Crippen molar-refractivity contribution in [2.24, 2.45) is 11.7 Å². The van der Waals surface area contributed by atoms with E-state index in [1.165, 1.54) is 0 Å². The van der Waals surface area contributed by atoms with Gasteiger partial charge < -0.3 is 11.1 Å². The fraction of sp³-hybridized carbons (Fsp3) is 0.889. The van der Waals surface area contributed by atoms with Gasteiger partial charge in [-0.3, -0.25) is 4.79 Å². The van der Waals surface area contributed by atoms with Gasteiger partial charge in [0.15, 0.2) is 0 Å². The first kappa shape index (κ1) is 10.9. The topological polar surface area (TPSA) is 55.1 Å². The zero-order chi connectivity index (χ0) is 9.84. The lowest BCUT2D eigenvalue weighted by atomic mass is 10.1. The van der Waals surface area contributed by atoms with Crippen molar-refractivity contribution in [2.75, 3.05) is 12.3 Å². The van der Waals surface area contributed by atoms with E-state index in [-0.39, 0.29) is 11.8 Å². The van der Waals surface area contributed by atoms with Gasteiger partial charge in [0, 0.05) is 29.5 Å². The quantitative estimate of drug-likeness (QED) is 0.704. The van der Waals surface area contributed by atoms with E-state index >= 15 is 0 Å². The van der Waals surface area contributed by atoms with E-state index in [1.807, 2.05) is 18.7 Å². The van der Waals surface area contributed by atoms with Crippen LogP contribution in [0.1, 0.15) is 20.3 Å². The van der Waals surface area contributed by atoms with Crippen LogP contribution in [0.25, 0.3) is 0 Å². The molecule has 1 aliphatic rings. The average molecular weight is 202 g/mol. The number of carbonyl (C=O) groups excluding carboxylic acids is 1. The summed E-state index contributed by atoms with van der Waals surface area (Å²) in [6.07, 6.45) is 1.09. The molecule has 3 unspecified atom stereocenters. The summed E-state index contributed by atoms with van der Waals surface area (Å²) in [5.74, 6) is 1.09. The van der Waals surface area contributed by atoms with E-state index in [1.54, 1.807) is 0 Å². The smallest absolute Gasteiger partial charge is 0.224 e. The van der Waals surface area contributed by atoms with Crippen molar-refractivity contribution in [3.8, 4) is 0 Å². The highest BCUT2D eigenvalue weighted by Gasteiger charge is 2.24. The predicted octanol–water partition coefficient (Wildman–Crippen LogP) is 0.591. The van der Waals surface area contributed by atoms with Gasteiger partial charge in [-0.25, -0.2) is 0 Å². The van der Waals surface area contributed by atoms with Gasteiger partial charge in [-0.2, -0.15) is 11.8 Å². The van der Waals surface area contributed by atoms with Crippen molar-refractivity contribution in [1.82, 2.24) is 5.32 Å². The van der Waals surface area contributed by atoms with Crippen molar-refractivity contribution >= 4 is 17.7 Å². The van der Waals surface area contributed by atoms with Crippen molar-refractivity contribution < 1.29 is 4.79 Å². The summed E-state index contributed by atoms with van der Waals surface area (Å²) in [5, 5.41) is 3.70. The van der Waals surface area contributed by atoms with Gasteiger partial charge in [-0.15, -0.1) is 0 Å². The highest BCUT2D eigenvalue weighted by atomic mass is 32.2. The number of amides is 1. The highest BCUT2D eigenvalue weighted by Crippen LogP contribution is 2.25. The molecule has 13 heavy (non-hydrogen) atoms. The minimum Gasteiger partial charge on any atom is -0.352 e. The molecule has 1 amide bonds. The zero-order valence-corrected chi connectivity index (χ0v) is 9.06. The highest BCUT2D eigenvalue weighted by molar-refractivity contribution is 8.00. The van der Waals surface area contributed by atoms with Crippen LogP contribution < -0.4 is 11.1 Å². The molecule has 1 rings (SSSR count). The van der Waals surface area contributed by atoms with Crippen LogP contribution in [0.2, 0.25) is 0 Å². The standard InChI is InChI=1S/C9H18N2OS/c1-6(4-10)9(12)11-8-3-7(2)13-5-8/h6-8H,3-5,10H2,1-2H3,(H,11,12). The SMILES string of the molecule is CC1CC(NC(=O)C(C)CN)CS1. The molecule has 0 bridgehead atoms. The van der Waals surface area contributed by atoms with Crippen LogP contribution in [0.5, 0.6) is 0 Å². The molecule has 0 saturated carbocycles. The van der Waals surface area contributed by atoms with Crippen LogP contribution in [-0.4, -0.2) is 29.5 Å². The number of hydrogen-bond acceptors (Lipinski definition) is 3. The van der Waals surface area contributed by atoms with Crippen LogP contribution in [0, 0.1) is 5.92 Å². The lowest BCUT2D eigenvalue weighted by Crippen LogP contribution is -2.40. The summed E-state index contributed by atoms with van der Waals surface area (Å²) in [5.41, 5.74) is 5.41. The maximum atomic E-state index is 11.4. The number of hydrogen-bond donors (Lipinski definition) is 2. The summed E-state index contributed by atoms with van der Waals surface area (Å²) >= 11 is 1.92. The van der Waals surface area contributed by atoms with Crippen LogP contribution in [-0.2, 0) is 4.79 Å². The first-order valence-electron chi connectivity index (χ1n) is 4.75. The Bertz CT molecular complexity index is 186. The molecule has 1 aliphatic heterocycles. The molecule has 0 aliphatic carbocycles. The van der Waals surface area contributed by atoms with Gasteiger partial charge in [0.1, 0.15) is 0 Å². The van der Waals surface area contributed by atoms with Crippen molar-refractivity contribution in [2.45, 2.75) is 31.6 Å². The second-order valence-corrected chi connectivity index (χ2v) is 5.19. The Morgan fingerprint density at radius 3 is 2.92 bits per heavy atom. The van der Waals surface area contributed by atoms with E-state index in [9.17, 15) is 4.79 Å². The van der Waals surface area contributed by atoms with Gasteiger partial charge in [0.25, 0.3) is 0 Å². The molecule has 3 atom stereocenters. The third kappa shape index (κ3) is 3.19. The van der Waals surface area contributed by atoms with Gasteiger partial charge in [0.2, 0.25) is 5.91 Å². The normalized spacial score (nSPS) is 30.1. The Labute approximate surface area is 83.8 Å². The van der Waals surface area contributed by atoms with Crippen molar-refractivity contribution in [3.63, 3.8) is 0 Å². The minimum atomic E-state index is -0.0547. The van der Waals surface area contributed by atoms with E-state index in [0.717, 1.165) is 12.2 Å². The molecule has 3 N–H and O–H groups in total. The molecule has 0 aromatic rings. The molecule has 1 saturated heterocycles. The number of thioether (sulfide) groups is 1. The molecule has 76 valence electrons. The number of nitrogens with one attached hydrogen (secondary N) is 1. The first-order chi connectivity index (χ1) is 6.13. The second-order valence-electron chi connectivity index (χ2n) is 3.72. The van der Waals surface area contributed by atoms with Crippen LogP contribution in [0.15, 0.2) is 0 Å². The van der Waals surface area contributed by atoms with E-state index in [2.05, 4.69) is 12.2 Å². The molecule has 1 heterocycles. The summed E-state index contributed by atoms with van der Waals surface area (Å²) < 4.78 is 0. The Kier molecular flexibility index (Phi) is 4.06. The summed E-state index contributed by atoms with van der Waals surface area (Å²) in [6, 6.07) is 0.362. The third-order valence-corrected chi connectivity index (χ3v) is 3.70. The Hall–Kier alpha value is -0.220. The molecule has 0 aromatic carbocycles.